The first kappa shape index (κ1) is 17.7. The van der Waals surface area contributed by atoms with E-state index in [0.29, 0.717) is 12.1 Å². The third kappa shape index (κ3) is 3.32. The molecule has 0 saturated heterocycles. The first-order valence-electron chi connectivity index (χ1n) is 8.83. The van der Waals surface area contributed by atoms with Crippen LogP contribution in [0.15, 0.2) is 60.9 Å². The Hall–Kier alpha value is -3.67. The Balaban J connectivity index is 1.84. The van der Waals surface area contributed by atoms with E-state index in [1.807, 2.05) is 48.7 Å². The molecule has 4 aromatic rings. The van der Waals surface area contributed by atoms with E-state index in [1.54, 1.807) is 19.4 Å². The van der Waals surface area contributed by atoms with Crippen molar-refractivity contribution in [2.24, 2.45) is 0 Å². The highest BCUT2D eigenvalue weighted by Gasteiger charge is 2.16. The molecule has 6 heteroatoms. The number of aromatic amines is 1. The number of fused-ring (bicyclic) bond motifs is 1. The van der Waals surface area contributed by atoms with Gasteiger partial charge in [0, 0.05) is 47.0 Å². The van der Waals surface area contributed by atoms with Gasteiger partial charge in [0.05, 0.1) is 19.9 Å². The van der Waals surface area contributed by atoms with Crippen LogP contribution in [-0.4, -0.2) is 35.1 Å². The molecule has 1 N–H and O–H groups in total. The zero-order chi connectivity index (χ0) is 19.5. The summed E-state index contributed by atoms with van der Waals surface area (Å²) in [7, 11) is 3.00. The summed E-state index contributed by atoms with van der Waals surface area (Å²) in [5, 5.41) is 1.07. The van der Waals surface area contributed by atoms with E-state index in [0.717, 1.165) is 39.2 Å². The van der Waals surface area contributed by atoms with Crippen molar-refractivity contribution in [3.05, 3.63) is 77.9 Å². The van der Waals surface area contributed by atoms with E-state index in [2.05, 4.69) is 15.0 Å². The summed E-state index contributed by atoms with van der Waals surface area (Å²) in [5.41, 5.74) is 5.09. The zero-order valence-electron chi connectivity index (χ0n) is 15.6. The quantitative estimate of drug-likeness (QED) is 0.535. The van der Waals surface area contributed by atoms with E-state index < -0.39 is 5.97 Å². The molecule has 0 aliphatic rings. The van der Waals surface area contributed by atoms with Crippen LogP contribution in [0.25, 0.3) is 22.2 Å². The SMILES string of the molecule is COC(=O)c1cccc(Cc2c(-c3cccnc3)[nH]c3cc(OC)ccc23)n1. The van der Waals surface area contributed by atoms with Crippen molar-refractivity contribution in [3.63, 3.8) is 0 Å². The molecule has 3 heterocycles. The molecule has 0 fully saturated rings. The Morgan fingerprint density at radius 1 is 1.11 bits per heavy atom. The van der Waals surface area contributed by atoms with Gasteiger partial charge in [0.15, 0.2) is 0 Å². The van der Waals surface area contributed by atoms with Crippen LogP contribution in [0.2, 0.25) is 0 Å². The predicted molar refractivity (Wildman–Crippen MR) is 106 cm³/mol. The minimum atomic E-state index is -0.446. The number of H-pyrrole nitrogens is 1. The monoisotopic (exact) mass is 373 g/mol. The summed E-state index contributed by atoms with van der Waals surface area (Å²) in [6.07, 6.45) is 4.13. The van der Waals surface area contributed by atoms with Gasteiger partial charge >= 0.3 is 5.97 Å². The van der Waals surface area contributed by atoms with E-state index in [-0.39, 0.29) is 0 Å². The molecule has 28 heavy (non-hydrogen) atoms. The molecule has 0 aliphatic heterocycles. The van der Waals surface area contributed by atoms with Gasteiger partial charge in [-0.2, -0.15) is 0 Å². The number of nitrogens with zero attached hydrogens (tertiary/aromatic N) is 2. The maximum absolute atomic E-state index is 11.8. The van der Waals surface area contributed by atoms with Crippen LogP contribution in [0.3, 0.4) is 0 Å². The highest BCUT2D eigenvalue weighted by atomic mass is 16.5. The fraction of sp³-hybridized carbons (Fsp3) is 0.136. The normalized spacial score (nSPS) is 10.8. The van der Waals surface area contributed by atoms with Gasteiger partial charge in [-0.3, -0.25) is 4.98 Å². The number of pyridine rings is 2. The van der Waals surface area contributed by atoms with Crippen molar-refractivity contribution in [1.82, 2.24) is 15.0 Å². The second kappa shape index (κ2) is 7.52. The Morgan fingerprint density at radius 2 is 2.00 bits per heavy atom. The van der Waals surface area contributed by atoms with Crippen molar-refractivity contribution in [3.8, 4) is 17.0 Å². The first-order chi connectivity index (χ1) is 13.7. The topological polar surface area (TPSA) is 77.1 Å². The number of esters is 1. The second-order valence-electron chi connectivity index (χ2n) is 6.31. The summed E-state index contributed by atoms with van der Waals surface area (Å²) in [6, 6.07) is 15.2. The molecule has 140 valence electrons. The first-order valence-corrected chi connectivity index (χ1v) is 8.83. The van der Waals surface area contributed by atoms with Gasteiger partial charge in [0.2, 0.25) is 0 Å². The molecule has 0 aliphatic carbocycles. The molecular weight excluding hydrogens is 354 g/mol. The number of aromatic nitrogens is 3. The predicted octanol–water partition coefficient (Wildman–Crippen LogP) is 4.01. The van der Waals surface area contributed by atoms with Crippen molar-refractivity contribution in [1.29, 1.82) is 0 Å². The largest absolute Gasteiger partial charge is 0.497 e. The second-order valence-corrected chi connectivity index (χ2v) is 6.31. The lowest BCUT2D eigenvalue weighted by Crippen LogP contribution is -2.06. The molecule has 0 saturated carbocycles. The van der Waals surface area contributed by atoms with Crippen molar-refractivity contribution >= 4 is 16.9 Å². The number of carbonyl (C=O) groups excluding carboxylic acids is 1. The lowest BCUT2D eigenvalue weighted by Gasteiger charge is -2.07. The molecular formula is C22H19N3O3. The molecule has 0 spiro atoms. The van der Waals surface area contributed by atoms with Gasteiger partial charge in [0.1, 0.15) is 11.4 Å². The number of hydrogen-bond donors (Lipinski definition) is 1. The number of hydrogen-bond acceptors (Lipinski definition) is 5. The average Bonchev–Trinajstić information content (AvgIpc) is 3.11. The Kier molecular flexibility index (Phi) is 4.76. The smallest absolute Gasteiger partial charge is 0.356 e. The van der Waals surface area contributed by atoms with Crippen molar-refractivity contribution in [2.45, 2.75) is 6.42 Å². The third-order valence-electron chi connectivity index (χ3n) is 4.62. The highest BCUT2D eigenvalue weighted by molar-refractivity contribution is 5.92. The summed E-state index contributed by atoms with van der Waals surface area (Å²) >= 11 is 0. The number of nitrogens with one attached hydrogen (secondary N) is 1. The van der Waals surface area contributed by atoms with E-state index in [1.165, 1.54) is 7.11 Å². The standard InChI is InChI=1S/C22H19N3O3/c1-27-16-8-9-17-18(11-15-6-3-7-19(24-15)22(26)28-2)21(25-20(17)12-16)14-5-4-10-23-13-14/h3-10,12-13,25H,11H2,1-2H3. The Morgan fingerprint density at radius 3 is 2.75 bits per heavy atom. The van der Waals surface area contributed by atoms with Crippen LogP contribution < -0.4 is 4.74 Å². The van der Waals surface area contributed by atoms with Crippen LogP contribution in [0.1, 0.15) is 21.7 Å². The van der Waals surface area contributed by atoms with Gasteiger partial charge in [-0.15, -0.1) is 0 Å². The zero-order valence-corrected chi connectivity index (χ0v) is 15.6. The maximum atomic E-state index is 11.8. The average molecular weight is 373 g/mol. The minimum absolute atomic E-state index is 0.296. The lowest BCUT2D eigenvalue weighted by molar-refractivity contribution is 0.0593. The molecule has 0 radical (unpaired) electrons. The minimum Gasteiger partial charge on any atom is -0.497 e. The number of methoxy groups -OCH3 is 2. The maximum Gasteiger partial charge on any atom is 0.356 e. The van der Waals surface area contributed by atoms with Gasteiger partial charge in [0.25, 0.3) is 0 Å². The molecule has 4 rings (SSSR count). The number of rotatable bonds is 5. The van der Waals surface area contributed by atoms with Crippen molar-refractivity contribution in [2.75, 3.05) is 14.2 Å². The lowest BCUT2D eigenvalue weighted by atomic mass is 10.0. The van der Waals surface area contributed by atoms with Crippen LogP contribution in [-0.2, 0) is 11.2 Å². The van der Waals surface area contributed by atoms with Crippen LogP contribution in [0.4, 0.5) is 0 Å². The Bertz CT molecular complexity index is 1140. The fourth-order valence-corrected chi connectivity index (χ4v) is 3.28. The van der Waals surface area contributed by atoms with Gasteiger partial charge in [-0.05, 0) is 42.0 Å². The van der Waals surface area contributed by atoms with E-state index >= 15 is 0 Å². The molecule has 3 aromatic heterocycles. The van der Waals surface area contributed by atoms with Gasteiger partial charge in [-0.25, -0.2) is 9.78 Å². The van der Waals surface area contributed by atoms with Crippen LogP contribution >= 0.6 is 0 Å². The van der Waals surface area contributed by atoms with E-state index in [4.69, 9.17) is 9.47 Å². The Labute approximate surface area is 162 Å². The summed E-state index contributed by atoms with van der Waals surface area (Å²) in [6.45, 7) is 0. The van der Waals surface area contributed by atoms with Gasteiger partial charge in [-0.1, -0.05) is 6.07 Å². The highest BCUT2D eigenvalue weighted by Crippen LogP contribution is 2.33. The number of benzene rings is 1. The number of ether oxygens (including phenoxy) is 2. The van der Waals surface area contributed by atoms with Crippen molar-refractivity contribution < 1.29 is 14.3 Å². The van der Waals surface area contributed by atoms with E-state index in [9.17, 15) is 4.79 Å². The summed E-state index contributed by atoms with van der Waals surface area (Å²) in [4.78, 5) is 24.0. The van der Waals surface area contributed by atoms with Crippen LogP contribution in [0, 0.1) is 0 Å². The molecule has 0 atom stereocenters. The molecule has 6 nitrogen and oxygen atoms in total. The molecule has 0 amide bonds. The summed E-state index contributed by atoms with van der Waals surface area (Å²) < 4.78 is 10.1. The molecule has 0 unspecified atom stereocenters. The molecule has 1 aromatic carbocycles. The fourth-order valence-electron chi connectivity index (χ4n) is 3.28. The summed E-state index contributed by atoms with van der Waals surface area (Å²) in [5.74, 6) is 0.335. The van der Waals surface area contributed by atoms with Gasteiger partial charge < -0.3 is 14.5 Å². The third-order valence-corrected chi connectivity index (χ3v) is 4.62. The van der Waals surface area contributed by atoms with Crippen LogP contribution in [0.5, 0.6) is 5.75 Å². The number of carbonyl (C=O) groups is 1. The molecule has 0 bridgehead atoms.